The SMILES string of the molecule is Cn1ncc(Br)c1C(=O)[C@H](N)c1ccccc1. The molecule has 2 rings (SSSR count). The first-order chi connectivity index (χ1) is 8.11. The van der Waals surface area contributed by atoms with Crippen molar-refractivity contribution in [1.82, 2.24) is 9.78 Å². The Labute approximate surface area is 108 Å². The zero-order chi connectivity index (χ0) is 12.4. The number of carbonyl (C=O) groups excluding carboxylic acids is 1. The molecule has 0 amide bonds. The molecular weight excluding hydrogens is 282 g/mol. The molecule has 5 heteroatoms. The zero-order valence-electron chi connectivity index (χ0n) is 9.30. The summed E-state index contributed by atoms with van der Waals surface area (Å²) in [6.07, 6.45) is 1.59. The number of hydrogen-bond donors (Lipinski definition) is 1. The molecule has 1 heterocycles. The van der Waals surface area contributed by atoms with Crippen LogP contribution in [0.4, 0.5) is 0 Å². The molecule has 0 unspecified atom stereocenters. The van der Waals surface area contributed by atoms with Gasteiger partial charge >= 0.3 is 0 Å². The van der Waals surface area contributed by atoms with E-state index >= 15 is 0 Å². The van der Waals surface area contributed by atoms with Gasteiger partial charge in [0.2, 0.25) is 5.78 Å². The predicted molar refractivity (Wildman–Crippen MR) is 68.6 cm³/mol. The van der Waals surface area contributed by atoms with Gasteiger partial charge in [0, 0.05) is 7.05 Å². The number of halogens is 1. The second-order valence-corrected chi connectivity index (χ2v) is 4.57. The molecular formula is C12H12BrN3O. The maximum absolute atomic E-state index is 12.2. The van der Waals surface area contributed by atoms with Crippen LogP contribution in [0.25, 0.3) is 0 Å². The molecule has 17 heavy (non-hydrogen) atoms. The molecule has 2 aromatic rings. The van der Waals surface area contributed by atoms with E-state index in [1.54, 1.807) is 13.2 Å². The molecule has 0 aliphatic rings. The third-order valence-electron chi connectivity index (χ3n) is 2.57. The van der Waals surface area contributed by atoms with E-state index in [-0.39, 0.29) is 5.78 Å². The molecule has 88 valence electrons. The van der Waals surface area contributed by atoms with Gasteiger partial charge in [-0.15, -0.1) is 0 Å². The molecule has 0 aliphatic carbocycles. The van der Waals surface area contributed by atoms with Crippen molar-refractivity contribution >= 4 is 21.7 Å². The van der Waals surface area contributed by atoms with Crippen LogP contribution in [0.15, 0.2) is 41.0 Å². The van der Waals surface area contributed by atoms with Gasteiger partial charge in [-0.25, -0.2) is 0 Å². The number of aryl methyl sites for hydroxylation is 1. The molecule has 0 radical (unpaired) electrons. The second-order valence-electron chi connectivity index (χ2n) is 3.72. The van der Waals surface area contributed by atoms with E-state index in [0.29, 0.717) is 10.2 Å². The Balaban J connectivity index is 2.33. The summed E-state index contributed by atoms with van der Waals surface area (Å²) in [6.45, 7) is 0. The highest BCUT2D eigenvalue weighted by atomic mass is 79.9. The highest BCUT2D eigenvalue weighted by molar-refractivity contribution is 9.10. The van der Waals surface area contributed by atoms with Gasteiger partial charge in [0.25, 0.3) is 0 Å². The molecule has 2 N–H and O–H groups in total. The Hall–Kier alpha value is -1.46. The van der Waals surface area contributed by atoms with Crippen LogP contribution in [0.2, 0.25) is 0 Å². The standard InChI is InChI=1S/C12H12BrN3O/c1-16-11(9(13)7-15-16)12(17)10(14)8-5-3-2-4-6-8/h2-7,10H,14H2,1H3/t10-/m1/s1. The van der Waals surface area contributed by atoms with Gasteiger partial charge in [0.1, 0.15) is 5.69 Å². The lowest BCUT2D eigenvalue weighted by atomic mass is 10.0. The number of carbonyl (C=O) groups is 1. The molecule has 0 saturated heterocycles. The van der Waals surface area contributed by atoms with Crippen molar-refractivity contribution < 1.29 is 4.79 Å². The summed E-state index contributed by atoms with van der Waals surface area (Å²) in [5.74, 6) is -0.150. The average molecular weight is 294 g/mol. The van der Waals surface area contributed by atoms with Gasteiger partial charge in [-0.1, -0.05) is 30.3 Å². The predicted octanol–water partition coefficient (Wildman–Crippen LogP) is 2.07. The molecule has 1 aromatic carbocycles. The van der Waals surface area contributed by atoms with Crippen LogP contribution in [-0.4, -0.2) is 15.6 Å². The van der Waals surface area contributed by atoms with Gasteiger partial charge < -0.3 is 5.73 Å². The first kappa shape index (κ1) is 12.0. The van der Waals surface area contributed by atoms with E-state index in [1.807, 2.05) is 30.3 Å². The monoisotopic (exact) mass is 293 g/mol. The number of benzene rings is 1. The van der Waals surface area contributed by atoms with Crippen molar-refractivity contribution in [1.29, 1.82) is 0 Å². The van der Waals surface area contributed by atoms with Gasteiger partial charge in [-0.3, -0.25) is 9.48 Å². The van der Waals surface area contributed by atoms with Gasteiger partial charge in [-0.05, 0) is 21.5 Å². The fraction of sp³-hybridized carbons (Fsp3) is 0.167. The molecule has 0 bridgehead atoms. The number of rotatable bonds is 3. The topological polar surface area (TPSA) is 60.9 Å². The number of aromatic nitrogens is 2. The Morgan fingerprint density at radius 3 is 2.59 bits per heavy atom. The van der Waals surface area contributed by atoms with Crippen molar-refractivity contribution in [3.63, 3.8) is 0 Å². The average Bonchev–Trinajstić information content (AvgIpc) is 2.68. The first-order valence-electron chi connectivity index (χ1n) is 5.13. The summed E-state index contributed by atoms with van der Waals surface area (Å²) in [6, 6.07) is 8.63. The third kappa shape index (κ3) is 2.30. The van der Waals surface area contributed by atoms with Crippen LogP contribution < -0.4 is 5.73 Å². The molecule has 0 aliphatic heterocycles. The minimum Gasteiger partial charge on any atom is -0.317 e. The van der Waals surface area contributed by atoms with Crippen LogP contribution in [0, 0.1) is 0 Å². The lowest BCUT2D eigenvalue weighted by molar-refractivity contribution is 0.0951. The minimum absolute atomic E-state index is 0.150. The zero-order valence-corrected chi connectivity index (χ0v) is 10.9. The fourth-order valence-corrected chi connectivity index (χ4v) is 2.19. The quantitative estimate of drug-likeness (QED) is 0.881. The normalized spacial score (nSPS) is 12.4. The molecule has 4 nitrogen and oxygen atoms in total. The van der Waals surface area contributed by atoms with E-state index in [1.165, 1.54) is 4.68 Å². The fourth-order valence-electron chi connectivity index (χ4n) is 1.65. The Morgan fingerprint density at radius 1 is 1.41 bits per heavy atom. The molecule has 0 saturated carbocycles. The first-order valence-corrected chi connectivity index (χ1v) is 5.93. The van der Waals surface area contributed by atoms with Crippen LogP contribution >= 0.6 is 15.9 Å². The van der Waals surface area contributed by atoms with Crippen molar-refractivity contribution in [2.24, 2.45) is 12.8 Å². The lowest BCUT2D eigenvalue weighted by Gasteiger charge is -2.11. The summed E-state index contributed by atoms with van der Waals surface area (Å²) in [5.41, 5.74) is 7.24. The summed E-state index contributed by atoms with van der Waals surface area (Å²) >= 11 is 3.30. The third-order valence-corrected chi connectivity index (χ3v) is 3.15. The Morgan fingerprint density at radius 2 is 2.06 bits per heavy atom. The highest BCUT2D eigenvalue weighted by Crippen LogP contribution is 2.21. The van der Waals surface area contributed by atoms with Crippen molar-refractivity contribution in [3.05, 3.63) is 52.3 Å². The summed E-state index contributed by atoms with van der Waals surface area (Å²) in [4.78, 5) is 12.2. The number of ketones is 1. The Kier molecular flexibility index (Phi) is 3.40. The Bertz CT molecular complexity index is 516. The summed E-state index contributed by atoms with van der Waals surface area (Å²) in [5, 5.41) is 4.01. The van der Waals surface area contributed by atoms with Crippen molar-refractivity contribution in [3.8, 4) is 0 Å². The molecule has 0 spiro atoms. The van der Waals surface area contributed by atoms with Gasteiger partial charge in [0.05, 0.1) is 16.7 Å². The molecule has 1 atom stereocenters. The van der Waals surface area contributed by atoms with E-state index in [4.69, 9.17) is 5.73 Å². The van der Waals surface area contributed by atoms with Gasteiger partial charge in [0.15, 0.2) is 0 Å². The maximum atomic E-state index is 12.2. The van der Waals surface area contributed by atoms with Crippen LogP contribution in [0.1, 0.15) is 22.1 Å². The van der Waals surface area contributed by atoms with Crippen LogP contribution in [0.5, 0.6) is 0 Å². The number of Topliss-reactive ketones (excluding diaryl/α,β-unsaturated/α-hetero) is 1. The molecule has 0 fully saturated rings. The second kappa shape index (κ2) is 4.81. The summed E-state index contributed by atoms with van der Waals surface area (Å²) in [7, 11) is 1.72. The van der Waals surface area contributed by atoms with E-state index < -0.39 is 6.04 Å². The van der Waals surface area contributed by atoms with E-state index in [2.05, 4.69) is 21.0 Å². The highest BCUT2D eigenvalue weighted by Gasteiger charge is 2.22. The van der Waals surface area contributed by atoms with Crippen molar-refractivity contribution in [2.75, 3.05) is 0 Å². The van der Waals surface area contributed by atoms with E-state index in [0.717, 1.165) is 5.56 Å². The van der Waals surface area contributed by atoms with Crippen LogP contribution in [-0.2, 0) is 7.05 Å². The lowest BCUT2D eigenvalue weighted by Crippen LogP contribution is -2.24. The number of nitrogens with zero attached hydrogens (tertiary/aromatic N) is 2. The number of hydrogen-bond acceptors (Lipinski definition) is 3. The smallest absolute Gasteiger partial charge is 0.203 e. The van der Waals surface area contributed by atoms with E-state index in [9.17, 15) is 4.79 Å². The number of nitrogens with two attached hydrogens (primary N) is 1. The maximum Gasteiger partial charge on any atom is 0.203 e. The van der Waals surface area contributed by atoms with Crippen molar-refractivity contribution in [2.45, 2.75) is 6.04 Å². The minimum atomic E-state index is -0.664. The molecule has 1 aromatic heterocycles. The van der Waals surface area contributed by atoms with Gasteiger partial charge in [-0.2, -0.15) is 5.10 Å². The largest absolute Gasteiger partial charge is 0.317 e. The van der Waals surface area contributed by atoms with Crippen LogP contribution in [0.3, 0.4) is 0 Å². The summed E-state index contributed by atoms with van der Waals surface area (Å²) < 4.78 is 2.19.